The Balaban J connectivity index is 2.55. The van der Waals surface area contributed by atoms with Crippen LogP contribution in [0.1, 0.15) is 6.92 Å². The first-order chi connectivity index (χ1) is 9.75. The van der Waals surface area contributed by atoms with Crippen LogP contribution in [0.25, 0.3) is 11.3 Å². The number of aromatic hydroxyl groups is 2. The lowest BCUT2D eigenvalue weighted by Gasteiger charge is -2.02. The Bertz CT molecular complexity index is 787. The first-order valence-corrected chi connectivity index (χ1v) is 7.78. The van der Waals surface area contributed by atoms with Crippen LogP contribution >= 0.6 is 11.6 Å². The highest BCUT2D eigenvalue weighted by Crippen LogP contribution is 2.46. The van der Waals surface area contributed by atoms with Crippen LogP contribution in [-0.2, 0) is 10.0 Å². The molecule has 9 heteroatoms. The lowest BCUT2D eigenvalue weighted by Crippen LogP contribution is -2.14. The zero-order valence-corrected chi connectivity index (χ0v) is 12.3. The van der Waals surface area contributed by atoms with Gasteiger partial charge < -0.3 is 14.6 Å². The quantitative estimate of drug-likeness (QED) is 0.797. The molecule has 0 amide bonds. The summed E-state index contributed by atoms with van der Waals surface area (Å²) in [5.74, 6) is -3.67. The van der Waals surface area contributed by atoms with Crippen molar-refractivity contribution in [1.82, 2.24) is 0 Å². The van der Waals surface area contributed by atoms with Crippen LogP contribution in [-0.4, -0.2) is 24.4 Å². The highest BCUT2D eigenvalue weighted by atomic mass is 35.5. The zero-order valence-electron chi connectivity index (χ0n) is 10.7. The Morgan fingerprint density at radius 2 is 2.00 bits per heavy atom. The van der Waals surface area contributed by atoms with Gasteiger partial charge in [0.05, 0.1) is 11.3 Å². The number of hydrogen-bond donors (Lipinski definition) is 3. The van der Waals surface area contributed by atoms with Crippen LogP contribution in [0.5, 0.6) is 11.5 Å². The number of halogens is 2. The maximum atomic E-state index is 13.7. The third-order valence-electron chi connectivity index (χ3n) is 2.66. The third-order valence-corrected chi connectivity index (χ3v) is 4.15. The average Bonchev–Trinajstić information content (AvgIpc) is 2.69. The Kier molecular flexibility index (Phi) is 4.02. The molecular weight excluding hydrogens is 325 g/mol. The molecule has 2 rings (SSSR count). The number of sulfonamides is 1. The minimum absolute atomic E-state index is 0.178. The van der Waals surface area contributed by atoms with Gasteiger partial charge >= 0.3 is 0 Å². The lowest BCUT2D eigenvalue weighted by molar-refractivity contribution is 0.410. The molecule has 1 aromatic carbocycles. The molecular formula is C12H11ClFNO5S. The Hall–Kier alpha value is -1.93. The van der Waals surface area contributed by atoms with Crippen molar-refractivity contribution in [2.75, 3.05) is 10.5 Å². The van der Waals surface area contributed by atoms with E-state index >= 15 is 0 Å². The molecule has 0 aliphatic rings. The zero-order chi connectivity index (χ0) is 15.8. The summed E-state index contributed by atoms with van der Waals surface area (Å²) in [6.07, 6.45) is 0. The van der Waals surface area contributed by atoms with E-state index in [-0.39, 0.29) is 16.3 Å². The first-order valence-electron chi connectivity index (χ1n) is 5.75. The molecule has 0 bridgehead atoms. The van der Waals surface area contributed by atoms with Gasteiger partial charge in [-0.15, -0.1) is 0 Å². The summed E-state index contributed by atoms with van der Waals surface area (Å²) in [6, 6.07) is 3.51. The molecule has 0 saturated carbocycles. The highest BCUT2D eigenvalue weighted by Gasteiger charge is 2.25. The van der Waals surface area contributed by atoms with Gasteiger partial charge in [0.2, 0.25) is 21.5 Å². The van der Waals surface area contributed by atoms with E-state index in [4.69, 9.17) is 16.0 Å². The van der Waals surface area contributed by atoms with Crippen LogP contribution in [0, 0.1) is 5.82 Å². The van der Waals surface area contributed by atoms with E-state index in [0.29, 0.717) is 0 Å². The fraction of sp³-hybridized carbons (Fsp3) is 0.167. The largest absolute Gasteiger partial charge is 0.502 e. The molecule has 1 aromatic heterocycles. The van der Waals surface area contributed by atoms with Crippen molar-refractivity contribution >= 4 is 27.5 Å². The van der Waals surface area contributed by atoms with Crippen LogP contribution in [0.15, 0.2) is 22.6 Å². The Morgan fingerprint density at radius 1 is 1.33 bits per heavy atom. The second-order valence-electron chi connectivity index (χ2n) is 4.09. The monoisotopic (exact) mass is 335 g/mol. The summed E-state index contributed by atoms with van der Waals surface area (Å²) >= 11 is 5.73. The van der Waals surface area contributed by atoms with Gasteiger partial charge in [-0.05, 0) is 25.1 Å². The van der Waals surface area contributed by atoms with E-state index in [1.807, 2.05) is 4.72 Å². The first kappa shape index (κ1) is 15.5. The number of anilines is 1. The van der Waals surface area contributed by atoms with E-state index in [0.717, 1.165) is 6.07 Å². The molecule has 3 N–H and O–H groups in total. The number of rotatable bonds is 4. The minimum atomic E-state index is -3.73. The predicted molar refractivity (Wildman–Crippen MR) is 75.5 cm³/mol. The van der Waals surface area contributed by atoms with Gasteiger partial charge in [0.15, 0.2) is 5.76 Å². The maximum Gasteiger partial charge on any atom is 0.253 e. The fourth-order valence-corrected chi connectivity index (χ4v) is 2.29. The van der Waals surface area contributed by atoms with Gasteiger partial charge in [0.1, 0.15) is 5.82 Å². The van der Waals surface area contributed by atoms with Crippen molar-refractivity contribution in [3.05, 3.63) is 29.0 Å². The van der Waals surface area contributed by atoms with Crippen molar-refractivity contribution in [1.29, 1.82) is 0 Å². The number of hydrogen-bond acceptors (Lipinski definition) is 5. The molecule has 0 radical (unpaired) electrons. The molecule has 0 unspecified atom stereocenters. The van der Waals surface area contributed by atoms with Crippen LogP contribution < -0.4 is 4.72 Å². The number of benzene rings is 1. The number of furan rings is 1. The van der Waals surface area contributed by atoms with Gasteiger partial charge in [-0.1, -0.05) is 11.6 Å². The highest BCUT2D eigenvalue weighted by molar-refractivity contribution is 7.92. The SMILES string of the molecule is CCS(=O)(=O)Nc1oc(-c2cc(Cl)ccc2F)c(O)c1O. The molecule has 0 fully saturated rings. The molecule has 6 nitrogen and oxygen atoms in total. The summed E-state index contributed by atoms with van der Waals surface area (Å²) in [5, 5.41) is 19.6. The standard InChI is InChI=1S/C12H11ClFNO5S/c1-2-21(18,19)15-12-10(17)9(16)11(20-12)7-5-6(13)3-4-8(7)14/h3-5,15-17H,2H2,1H3. The molecule has 0 spiro atoms. The van der Waals surface area contributed by atoms with Crippen molar-refractivity contribution in [2.24, 2.45) is 0 Å². The normalized spacial score (nSPS) is 11.6. The second-order valence-corrected chi connectivity index (χ2v) is 6.53. The van der Waals surface area contributed by atoms with Gasteiger partial charge in [-0.25, -0.2) is 17.5 Å². The molecule has 0 atom stereocenters. The Labute approximate surface area is 124 Å². The van der Waals surface area contributed by atoms with E-state index in [1.165, 1.54) is 19.1 Å². The molecule has 2 aromatic rings. The Morgan fingerprint density at radius 3 is 2.62 bits per heavy atom. The van der Waals surface area contributed by atoms with E-state index in [2.05, 4.69) is 0 Å². The fourth-order valence-electron chi connectivity index (χ4n) is 1.55. The molecule has 114 valence electrons. The van der Waals surface area contributed by atoms with Gasteiger partial charge in [-0.2, -0.15) is 0 Å². The van der Waals surface area contributed by atoms with Crippen molar-refractivity contribution in [2.45, 2.75) is 6.92 Å². The van der Waals surface area contributed by atoms with Gasteiger partial charge in [0, 0.05) is 5.02 Å². The third kappa shape index (κ3) is 3.06. The minimum Gasteiger partial charge on any atom is -0.502 e. The molecule has 21 heavy (non-hydrogen) atoms. The summed E-state index contributed by atoms with van der Waals surface area (Å²) < 4.78 is 43.6. The van der Waals surface area contributed by atoms with Crippen LogP contribution in [0.2, 0.25) is 5.02 Å². The van der Waals surface area contributed by atoms with Gasteiger partial charge in [0.25, 0.3) is 5.88 Å². The average molecular weight is 336 g/mol. The molecule has 0 aliphatic carbocycles. The summed E-state index contributed by atoms with van der Waals surface area (Å²) in [6.45, 7) is 1.37. The molecule has 1 heterocycles. The van der Waals surface area contributed by atoms with Crippen molar-refractivity contribution < 1.29 is 27.4 Å². The maximum absolute atomic E-state index is 13.7. The van der Waals surface area contributed by atoms with Crippen LogP contribution in [0.3, 0.4) is 0 Å². The van der Waals surface area contributed by atoms with E-state index in [1.54, 1.807) is 0 Å². The van der Waals surface area contributed by atoms with Crippen molar-refractivity contribution in [3.63, 3.8) is 0 Å². The second kappa shape index (κ2) is 5.45. The number of nitrogens with one attached hydrogen (secondary N) is 1. The predicted octanol–water partition coefficient (Wildman–Crippen LogP) is 2.91. The summed E-state index contributed by atoms with van der Waals surface area (Å²) in [4.78, 5) is 0. The van der Waals surface area contributed by atoms with Crippen molar-refractivity contribution in [3.8, 4) is 22.8 Å². The summed E-state index contributed by atoms with van der Waals surface area (Å²) in [7, 11) is -3.73. The smallest absolute Gasteiger partial charge is 0.253 e. The molecule has 0 saturated heterocycles. The lowest BCUT2D eigenvalue weighted by atomic mass is 10.1. The van der Waals surface area contributed by atoms with E-state index < -0.39 is 39.0 Å². The topological polar surface area (TPSA) is 99.8 Å². The summed E-state index contributed by atoms with van der Waals surface area (Å²) in [5.41, 5.74) is -0.211. The van der Waals surface area contributed by atoms with Gasteiger partial charge in [-0.3, -0.25) is 0 Å². The van der Waals surface area contributed by atoms with Crippen LogP contribution in [0.4, 0.5) is 10.3 Å². The molecule has 0 aliphatic heterocycles. The van der Waals surface area contributed by atoms with E-state index in [9.17, 15) is 23.0 Å².